The van der Waals surface area contributed by atoms with Gasteiger partial charge in [-0.15, -0.1) is 0 Å². The first-order valence-corrected chi connectivity index (χ1v) is 6.96. The van der Waals surface area contributed by atoms with Crippen LogP contribution in [0.5, 0.6) is 0 Å². The minimum atomic E-state index is -0.587. The molecule has 0 saturated heterocycles. The van der Waals surface area contributed by atoms with Crippen LogP contribution in [-0.4, -0.2) is 15.7 Å². The fraction of sp³-hybridized carbons (Fsp3) is 0.118. The van der Waals surface area contributed by atoms with Crippen molar-refractivity contribution in [2.75, 3.05) is 0 Å². The molecule has 1 aromatic heterocycles. The van der Waals surface area contributed by atoms with Gasteiger partial charge in [-0.25, -0.2) is 4.68 Å². The molecule has 22 heavy (non-hydrogen) atoms. The van der Waals surface area contributed by atoms with Crippen molar-refractivity contribution in [3.63, 3.8) is 0 Å². The quantitative estimate of drug-likeness (QED) is 0.791. The second kappa shape index (κ2) is 5.81. The van der Waals surface area contributed by atoms with Gasteiger partial charge in [0.15, 0.2) is 0 Å². The largest absolute Gasteiger partial charge is 0.368 e. The number of aromatic nitrogens is 2. The summed E-state index contributed by atoms with van der Waals surface area (Å²) in [4.78, 5) is 23.5. The van der Waals surface area contributed by atoms with Crippen LogP contribution in [0, 0.1) is 0 Å². The van der Waals surface area contributed by atoms with Crippen molar-refractivity contribution in [3.8, 4) is 0 Å². The fourth-order valence-corrected chi connectivity index (χ4v) is 2.48. The molecule has 0 radical (unpaired) electrons. The molecule has 0 saturated carbocycles. The molecule has 3 rings (SSSR count). The van der Waals surface area contributed by atoms with Gasteiger partial charge in [-0.2, -0.15) is 5.10 Å². The molecule has 5 heteroatoms. The summed E-state index contributed by atoms with van der Waals surface area (Å²) in [5, 5.41) is 5.69. The standard InChI is InChI=1S/C17H15N3O2/c18-16(21)11-20-17(22)14-9-5-4-8-13(14)15(19-20)10-12-6-2-1-3-7-12/h1-9H,10-11H2,(H2,18,21). The van der Waals surface area contributed by atoms with Crippen molar-refractivity contribution in [1.29, 1.82) is 0 Å². The first kappa shape index (κ1) is 14.0. The van der Waals surface area contributed by atoms with E-state index in [0.717, 1.165) is 21.3 Å². The number of carbonyl (C=O) groups excluding carboxylic acids is 1. The third kappa shape index (κ3) is 2.74. The van der Waals surface area contributed by atoms with Crippen molar-refractivity contribution < 1.29 is 4.79 Å². The van der Waals surface area contributed by atoms with Crippen molar-refractivity contribution in [1.82, 2.24) is 9.78 Å². The number of carbonyl (C=O) groups is 1. The second-order valence-corrected chi connectivity index (χ2v) is 5.08. The summed E-state index contributed by atoms with van der Waals surface area (Å²) in [5.74, 6) is -0.587. The maximum atomic E-state index is 12.4. The summed E-state index contributed by atoms with van der Waals surface area (Å²) >= 11 is 0. The number of benzene rings is 2. The van der Waals surface area contributed by atoms with E-state index in [0.29, 0.717) is 11.8 Å². The molecule has 0 fully saturated rings. The monoisotopic (exact) mass is 293 g/mol. The van der Waals surface area contributed by atoms with Crippen LogP contribution in [0.15, 0.2) is 59.4 Å². The van der Waals surface area contributed by atoms with Crippen LogP contribution in [0.1, 0.15) is 11.3 Å². The highest BCUT2D eigenvalue weighted by Gasteiger charge is 2.11. The van der Waals surface area contributed by atoms with Crippen LogP contribution in [0.4, 0.5) is 0 Å². The maximum Gasteiger partial charge on any atom is 0.275 e. The van der Waals surface area contributed by atoms with Crippen molar-refractivity contribution >= 4 is 16.7 Å². The molecule has 0 spiro atoms. The van der Waals surface area contributed by atoms with Crippen LogP contribution >= 0.6 is 0 Å². The zero-order chi connectivity index (χ0) is 15.5. The maximum absolute atomic E-state index is 12.4. The molecule has 0 unspecified atom stereocenters. The van der Waals surface area contributed by atoms with Crippen molar-refractivity contribution in [3.05, 3.63) is 76.2 Å². The van der Waals surface area contributed by atoms with E-state index >= 15 is 0 Å². The first-order chi connectivity index (χ1) is 10.6. The smallest absolute Gasteiger partial charge is 0.275 e. The molecule has 1 amide bonds. The number of nitrogens with two attached hydrogens (primary N) is 1. The summed E-state index contributed by atoms with van der Waals surface area (Å²) in [6.45, 7) is -0.217. The molecular weight excluding hydrogens is 278 g/mol. The molecule has 2 N–H and O–H groups in total. The molecule has 0 aliphatic heterocycles. The summed E-state index contributed by atoms with van der Waals surface area (Å²) in [5.41, 5.74) is 6.74. The number of hydrogen-bond acceptors (Lipinski definition) is 3. The molecule has 0 aliphatic carbocycles. The molecule has 1 heterocycles. The van der Waals surface area contributed by atoms with Gasteiger partial charge in [0.1, 0.15) is 6.54 Å². The number of nitrogens with zero attached hydrogens (tertiary/aromatic N) is 2. The summed E-state index contributed by atoms with van der Waals surface area (Å²) in [7, 11) is 0. The Morgan fingerprint density at radius 3 is 2.32 bits per heavy atom. The Morgan fingerprint density at radius 2 is 1.64 bits per heavy atom. The molecule has 3 aromatic rings. The highest BCUT2D eigenvalue weighted by atomic mass is 16.2. The molecule has 0 aliphatic rings. The van der Waals surface area contributed by atoms with Crippen LogP contribution < -0.4 is 11.3 Å². The number of fused-ring (bicyclic) bond motifs is 1. The van der Waals surface area contributed by atoms with Gasteiger partial charge in [0.2, 0.25) is 5.91 Å². The van der Waals surface area contributed by atoms with Gasteiger partial charge < -0.3 is 5.73 Å². The second-order valence-electron chi connectivity index (χ2n) is 5.08. The first-order valence-electron chi connectivity index (χ1n) is 6.96. The van der Waals surface area contributed by atoms with Crippen LogP contribution in [0.25, 0.3) is 10.8 Å². The van der Waals surface area contributed by atoms with E-state index in [9.17, 15) is 9.59 Å². The van der Waals surface area contributed by atoms with Gasteiger partial charge in [-0.05, 0) is 11.6 Å². The normalized spacial score (nSPS) is 10.7. The predicted octanol–water partition coefficient (Wildman–Crippen LogP) is 1.47. The molecule has 2 aromatic carbocycles. The fourth-order valence-electron chi connectivity index (χ4n) is 2.48. The lowest BCUT2D eigenvalue weighted by Crippen LogP contribution is -2.31. The average molecular weight is 293 g/mol. The SMILES string of the molecule is NC(=O)Cn1nc(Cc2ccccc2)c2ccccc2c1=O. The van der Waals surface area contributed by atoms with E-state index in [4.69, 9.17) is 5.73 Å². The molecule has 0 bridgehead atoms. The molecule has 110 valence electrons. The average Bonchev–Trinajstić information content (AvgIpc) is 2.52. The summed E-state index contributed by atoms with van der Waals surface area (Å²) < 4.78 is 1.14. The third-order valence-corrected chi connectivity index (χ3v) is 3.46. The minimum absolute atomic E-state index is 0.217. The van der Waals surface area contributed by atoms with Crippen molar-refractivity contribution in [2.45, 2.75) is 13.0 Å². The predicted molar refractivity (Wildman–Crippen MR) is 84.4 cm³/mol. The van der Waals surface area contributed by atoms with Gasteiger partial charge in [-0.1, -0.05) is 48.5 Å². The van der Waals surface area contributed by atoms with Crippen molar-refractivity contribution in [2.24, 2.45) is 5.73 Å². The lowest BCUT2D eigenvalue weighted by atomic mass is 10.0. The molecule has 5 nitrogen and oxygen atoms in total. The Labute approximate surface area is 127 Å². The molecule has 0 atom stereocenters. The molecular formula is C17H15N3O2. The lowest BCUT2D eigenvalue weighted by Gasteiger charge is -2.10. The number of primary amides is 1. The Morgan fingerprint density at radius 1 is 1.00 bits per heavy atom. The van der Waals surface area contributed by atoms with Crippen LogP contribution in [0.3, 0.4) is 0 Å². The summed E-state index contributed by atoms with van der Waals surface area (Å²) in [6, 6.07) is 17.1. The lowest BCUT2D eigenvalue weighted by molar-refractivity contribution is -0.118. The van der Waals surface area contributed by atoms with Gasteiger partial charge >= 0.3 is 0 Å². The highest BCUT2D eigenvalue weighted by Crippen LogP contribution is 2.16. The Bertz CT molecular complexity index is 885. The Balaban J connectivity index is 2.17. The van der Waals surface area contributed by atoms with Crippen LogP contribution in [0.2, 0.25) is 0 Å². The Kier molecular flexibility index (Phi) is 3.70. The van der Waals surface area contributed by atoms with Crippen LogP contribution in [-0.2, 0) is 17.8 Å². The topological polar surface area (TPSA) is 78.0 Å². The minimum Gasteiger partial charge on any atom is -0.368 e. The number of amides is 1. The van der Waals surface area contributed by atoms with E-state index in [2.05, 4.69) is 5.10 Å². The van der Waals surface area contributed by atoms with Gasteiger partial charge in [0.25, 0.3) is 5.56 Å². The zero-order valence-corrected chi connectivity index (χ0v) is 11.9. The number of rotatable bonds is 4. The van der Waals surface area contributed by atoms with E-state index in [-0.39, 0.29) is 12.1 Å². The van der Waals surface area contributed by atoms with Gasteiger partial charge in [-0.3, -0.25) is 9.59 Å². The zero-order valence-electron chi connectivity index (χ0n) is 11.9. The van der Waals surface area contributed by atoms with Gasteiger partial charge in [0.05, 0.1) is 11.1 Å². The highest BCUT2D eigenvalue weighted by molar-refractivity contribution is 5.84. The van der Waals surface area contributed by atoms with E-state index in [1.165, 1.54) is 0 Å². The third-order valence-electron chi connectivity index (χ3n) is 3.46. The Hall–Kier alpha value is -2.95. The summed E-state index contributed by atoms with van der Waals surface area (Å²) in [6.07, 6.45) is 0.584. The van der Waals surface area contributed by atoms with E-state index in [1.807, 2.05) is 42.5 Å². The van der Waals surface area contributed by atoms with E-state index < -0.39 is 5.91 Å². The number of hydrogen-bond donors (Lipinski definition) is 1. The van der Waals surface area contributed by atoms with Gasteiger partial charge in [0, 0.05) is 11.8 Å². The van der Waals surface area contributed by atoms with E-state index in [1.54, 1.807) is 12.1 Å².